The van der Waals surface area contributed by atoms with Crippen LogP contribution in [0.5, 0.6) is 0 Å². The van der Waals surface area contributed by atoms with Gasteiger partial charge in [0, 0.05) is 35.9 Å². The molecule has 2 aromatic carbocycles. The summed E-state index contributed by atoms with van der Waals surface area (Å²) in [6.07, 6.45) is -3.99. The van der Waals surface area contributed by atoms with Crippen molar-refractivity contribution in [2.24, 2.45) is 5.92 Å². The molecule has 36 heavy (non-hydrogen) atoms. The third-order valence-corrected chi connectivity index (χ3v) is 6.80. The van der Waals surface area contributed by atoms with E-state index in [2.05, 4.69) is 16.7 Å². The zero-order valence-corrected chi connectivity index (χ0v) is 20.2. The van der Waals surface area contributed by atoms with Crippen molar-refractivity contribution in [1.29, 1.82) is 5.26 Å². The first kappa shape index (κ1) is 25.5. The van der Waals surface area contributed by atoms with Crippen LogP contribution in [-0.4, -0.2) is 24.4 Å². The molecule has 0 bridgehead atoms. The molecule has 4 rings (SSSR count). The van der Waals surface area contributed by atoms with Gasteiger partial charge in [0.05, 0.1) is 17.2 Å². The van der Waals surface area contributed by atoms with Crippen molar-refractivity contribution in [2.75, 3.05) is 11.4 Å². The SMILES string of the molecule is CCC(C)NC(=O)C1C(=O)N(c2cccc(C(F)(F)F)c2)C(C)=C(C#N)C1c1ccc(C2CN2)cc1. The fraction of sp³-hybridized carbons (Fsp3) is 0.370. The van der Waals surface area contributed by atoms with Crippen LogP contribution in [0.3, 0.4) is 0 Å². The minimum absolute atomic E-state index is 0.0463. The first-order chi connectivity index (χ1) is 17.1. The number of hydrogen-bond acceptors (Lipinski definition) is 4. The summed E-state index contributed by atoms with van der Waals surface area (Å²) in [5, 5.41) is 16.2. The van der Waals surface area contributed by atoms with Gasteiger partial charge in [0.15, 0.2) is 0 Å². The molecule has 0 aliphatic carbocycles. The highest BCUT2D eigenvalue weighted by atomic mass is 19.4. The average Bonchev–Trinajstić information content (AvgIpc) is 3.69. The summed E-state index contributed by atoms with van der Waals surface area (Å²) in [5.74, 6) is -3.43. The lowest BCUT2D eigenvalue weighted by molar-refractivity contribution is -0.138. The Hall–Kier alpha value is -3.64. The summed E-state index contributed by atoms with van der Waals surface area (Å²) in [5.41, 5.74) is 1.07. The molecule has 2 aliphatic rings. The van der Waals surface area contributed by atoms with Crippen molar-refractivity contribution in [1.82, 2.24) is 10.6 Å². The van der Waals surface area contributed by atoms with Crippen LogP contribution in [0.1, 0.15) is 55.8 Å². The summed E-state index contributed by atoms with van der Waals surface area (Å²) in [7, 11) is 0. The normalized spacial score (nSPS) is 22.8. The van der Waals surface area contributed by atoms with E-state index >= 15 is 0 Å². The quantitative estimate of drug-likeness (QED) is 0.443. The highest BCUT2D eigenvalue weighted by Gasteiger charge is 2.47. The second-order valence-electron chi connectivity index (χ2n) is 9.23. The minimum Gasteiger partial charge on any atom is -0.353 e. The van der Waals surface area contributed by atoms with E-state index in [0.29, 0.717) is 12.0 Å². The average molecular weight is 497 g/mol. The lowest BCUT2D eigenvalue weighted by Crippen LogP contribution is -2.51. The maximum Gasteiger partial charge on any atom is 0.416 e. The molecule has 4 unspecified atom stereocenters. The molecular weight excluding hydrogens is 469 g/mol. The number of alkyl halides is 3. The lowest BCUT2D eigenvalue weighted by atomic mass is 9.75. The van der Waals surface area contributed by atoms with E-state index in [1.807, 2.05) is 19.1 Å². The van der Waals surface area contributed by atoms with Gasteiger partial charge in [-0.25, -0.2) is 0 Å². The Morgan fingerprint density at radius 1 is 1.22 bits per heavy atom. The molecule has 1 saturated heterocycles. The second-order valence-corrected chi connectivity index (χ2v) is 9.23. The lowest BCUT2D eigenvalue weighted by Gasteiger charge is -2.38. The van der Waals surface area contributed by atoms with Crippen molar-refractivity contribution < 1.29 is 22.8 Å². The van der Waals surface area contributed by atoms with Gasteiger partial charge in [0.1, 0.15) is 5.92 Å². The van der Waals surface area contributed by atoms with Gasteiger partial charge in [0.2, 0.25) is 11.8 Å². The highest BCUT2D eigenvalue weighted by molar-refractivity contribution is 6.12. The summed E-state index contributed by atoms with van der Waals surface area (Å²) in [6.45, 7) is 6.08. The van der Waals surface area contributed by atoms with Crippen molar-refractivity contribution >= 4 is 17.5 Å². The molecule has 9 heteroatoms. The Bertz CT molecular complexity index is 1240. The topological polar surface area (TPSA) is 95.1 Å². The molecule has 6 nitrogen and oxygen atoms in total. The zero-order valence-electron chi connectivity index (χ0n) is 20.2. The Morgan fingerprint density at radius 2 is 1.86 bits per heavy atom. The van der Waals surface area contributed by atoms with Gasteiger partial charge in [-0.1, -0.05) is 37.3 Å². The molecule has 2 heterocycles. The monoisotopic (exact) mass is 496 g/mol. The van der Waals surface area contributed by atoms with Crippen LogP contribution < -0.4 is 15.5 Å². The summed E-state index contributed by atoms with van der Waals surface area (Å²) < 4.78 is 40.2. The zero-order chi connectivity index (χ0) is 26.2. The summed E-state index contributed by atoms with van der Waals surface area (Å²) >= 11 is 0. The standard InChI is InChI=1S/C27H27F3N4O2/c1-4-15(2)33-25(35)24-23(18-10-8-17(9-11-18)22-14-32-22)21(13-31)16(3)34(26(24)36)20-7-5-6-19(12-20)27(28,29)30/h5-12,15,22-24,32H,4,14H2,1-3H3,(H,33,35). The van der Waals surface area contributed by atoms with Gasteiger partial charge in [-0.05, 0) is 49.6 Å². The smallest absolute Gasteiger partial charge is 0.353 e. The molecule has 2 N–H and O–H groups in total. The Labute approximate surface area is 207 Å². The first-order valence-corrected chi connectivity index (χ1v) is 11.8. The van der Waals surface area contributed by atoms with Gasteiger partial charge >= 0.3 is 6.18 Å². The molecule has 2 amide bonds. The Morgan fingerprint density at radius 3 is 2.42 bits per heavy atom. The number of nitrogens with zero attached hydrogens (tertiary/aromatic N) is 2. The second kappa shape index (κ2) is 9.78. The molecule has 0 aromatic heterocycles. The molecule has 0 saturated carbocycles. The molecule has 0 spiro atoms. The van der Waals surface area contributed by atoms with E-state index in [0.717, 1.165) is 29.1 Å². The maximum atomic E-state index is 13.9. The van der Waals surface area contributed by atoms with Crippen LogP contribution in [0.25, 0.3) is 0 Å². The third kappa shape index (κ3) is 4.86. The summed E-state index contributed by atoms with van der Waals surface area (Å²) in [4.78, 5) is 28.4. The number of anilines is 1. The van der Waals surface area contributed by atoms with E-state index in [1.165, 1.54) is 19.1 Å². The molecule has 188 valence electrons. The Kier molecular flexibility index (Phi) is 6.92. The first-order valence-electron chi connectivity index (χ1n) is 11.8. The van der Waals surface area contributed by atoms with Crippen LogP contribution >= 0.6 is 0 Å². The minimum atomic E-state index is -4.61. The number of allylic oxidation sites excluding steroid dienone is 2. The molecule has 2 aliphatic heterocycles. The van der Waals surface area contributed by atoms with Gasteiger partial charge in [0.25, 0.3) is 0 Å². The molecular formula is C27H27F3N4O2. The van der Waals surface area contributed by atoms with Crippen LogP contribution in [0.2, 0.25) is 0 Å². The number of nitrogens with one attached hydrogen (secondary N) is 2. The number of nitriles is 1. The van der Waals surface area contributed by atoms with Crippen molar-refractivity contribution in [3.8, 4) is 6.07 Å². The molecule has 4 atom stereocenters. The largest absolute Gasteiger partial charge is 0.416 e. The number of carbonyl (C=O) groups is 2. The number of hydrogen-bond donors (Lipinski definition) is 2. The van der Waals surface area contributed by atoms with Crippen molar-refractivity contribution in [2.45, 2.75) is 51.4 Å². The van der Waals surface area contributed by atoms with E-state index in [9.17, 15) is 28.0 Å². The fourth-order valence-corrected chi connectivity index (χ4v) is 4.54. The van der Waals surface area contributed by atoms with Crippen LogP contribution in [0.15, 0.2) is 59.8 Å². The number of carbonyl (C=O) groups excluding carboxylic acids is 2. The van der Waals surface area contributed by atoms with Gasteiger partial charge < -0.3 is 10.6 Å². The van der Waals surface area contributed by atoms with E-state index in [-0.39, 0.29) is 29.0 Å². The number of amides is 2. The van der Waals surface area contributed by atoms with Crippen molar-refractivity contribution in [3.63, 3.8) is 0 Å². The van der Waals surface area contributed by atoms with Gasteiger partial charge in [-0.3, -0.25) is 14.5 Å². The van der Waals surface area contributed by atoms with Crippen LogP contribution in [0.4, 0.5) is 18.9 Å². The maximum absolute atomic E-state index is 13.9. The number of rotatable bonds is 6. The van der Waals surface area contributed by atoms with Gasteiger partial charge in [-0.15, -0.1) is 0 Å². The fourth-order valence-electron chi connectivity index (χ4n) is 4.54. The van der Waals surface area contributed by atoms with Crippen LogP contribution in [0, 0.1) is 17.2 Å². The molecule has 1 fully saturated rings. The predicted molar refractivity (Wildman–Crippen MR) is 129 cm³/mol. The number of benzene rings is 2. The van der Waals surface area contributed by atoms with Crippen molar-refractivity contribution in [3.05, 3.63) is 76.5 Å². The van der Waals surface area contributed by atoms with E-state index in [1.54, 1.807) is 19.1 Å². The highest BCUT2D eigenvalue weighted by Crippen LogP contribution is 2.43. The Balaban J connectivity index is 1.85. The third-order valence-electron chi connectivity index (χ3n) is 6.80. The van der Waals surface area contributed by atoms with Gasteiger partial charge in [-0.2, -0.15) is 18.4 Å². The molecule has 2 aromatic rings. The van der Waals surface area contributed by atoms with E-state index in [4.69, 9.17) is 0 Å². The predicted octanol–water partition coefficient (Wildman–Crippen LogP) is 4.81. The number of halogens is 3. The van der Waals surface area contributed by atoms with Crippen LogP contribution in [-0.2, 0) is 15.8 Å². The van der Waals surface area contributed by atoms with E-state index < -0.39 is 35.4 Å². The summed E-state index contributed by atoms with van der Waals surface area (Å²) in [6, 6.07) is 13.9. The molecule has 0 radical (unpaired) electrons.